The lowest BCUT2D eigenvalue weighted by Gasteiger charge is -2.11. The van der Waals surface area contributed by atoms with E-state index in [9.17, 15) is 0 Å². The Hall–Kier alpha value is -0.770. The molecule has 0 aliphatic carbocycles. The molecule has 0 saturated carbocycles. The summed E-state index contributed by atoms with van der Waals surface area (Å²) in [5.41, 5.74) is 1.17. The van der Waals surface area contributed by atoms with Gasteiger partial charge in [-0.15, -0.1) is 11.8 Å². The molecule has 1 heterocycles. The zero-order chi connectivity index (χ0) is 12.0. The van der Waals surface area contributed by atoms with Crippen molar-refractivity contribution in [2.24, 2.45) is 5.92 Å². The Morgan fingerprint density at radius 3 is 2.75 bits per heavy atom. The first-order chi connectivity index (χ1) is 7.65. The monoisotopic (exact) mass is 239 g/mol. The van der Waals surface area contributed by atoms with Crippen LogP contribution in [0.15, 0.2) is 11.4 Å². The maximum absolute atomic E-state index is 4.33. The molecule has 1 aromatic heterocycles. The summed E-state index contributed by atoms with van der Waals surface area (Å²) in [6.45, 7) is 9.64. The zero-order valence-electron chi connectivity index (χ0n) is 10.6. The number of rotatable bonds is 6. The van der Waals surface area contributed by atoms with Crippen molar-refractivity contribution in [1.82, 2.24) is 9.97 Å². The predicted molar refractivity (Wildman–Crippen MR) is 71.1 cm³/mol. The van der Waals surface area contributed by atoms with Gasteiger partial charge in [0.25, 0.3) is 0 Å². The molecular formula is C12H21N3S. The maximum atomic E-state index is 4.33. The Morgan fingerprint density at radius 1 is 1.38 bits per heavy atom. The van der Waals surface area contributed by atoms with Gasteiger partial charge in [0.15, 0.2) is 0 Å². The molecule has 16 heavy (non-hydrogen) atoms. The van der Waals surface area contributed by atoms with Crippen molar-refractivity contribution in [2.45, 2.75) is 39.1 Å². The Kier molecular flexibility index (Phi) is 5.60. The van der Waals surface area contributed by atoms with Gasteiger partial charge in [0, 0.05) is 17.9 Å². The molecule has 1 aromatic rings. The molecule has 0 saturated heterocycles. The Labute approximate surface area is 102 Å². The molecule has 0 fully saturated rings. The van der Waals surface area contributed by atoms with Crippen molar-refractivity contribution in [1.29, 1.82) is 0 Å². The third kappa shape index (κ3) is 4.00. The lowest BCUT2D eigenvalue weighted by Crippen LogP contribution is -2.05. The van der Waals surface area contributed by atoms with Gasteiger partial charge in [-0.05, 0) is 19.3 Å². The number of nitrogens with zero attached hydrogens (tertiary/aromatic N) is 2. The van der Waals surface area contributed by atoms with E-state index in [4.69, 9.17) is 0 Å². The van der Waals surface area contributed by atoms with E-state index in [1.807, 2.05) is 11.8 Å². The SMILES string of the molecule is CCCNc1ncnc(SCC(C)C)c1C. The van der Waals surface area contributed by atoms with Crippen LogP contribution in [-0.2, 0) is 0 Å². The first-order valence-electron chi connectivity index (χ1n) is 5.83. The summed E-state index contributed by atoms with van der Waals surface area (Å²) in [7, 11) is 0. The molecule has 0 spiro atoms. The smallest absolute Gasteiger partial charge is 0.133 e. The Morgan fingerprint density at radius 2 is 2.12 bits per heavy atom. The molecule has 0 aromatic carbocycles. The van der Waals surface area contributed by atoms with Crippen molar-refractivity contribution < 1.29 is 0 Å². The molecule has 0 amide bonds. The highest BCUT2D eigenvalue weighted by Gasteiger charge is 2.07. The fraction of sp³-hybridized carbons (Fsp3) is 0.667. The normalized spacial score (nSPS) is 10.8. The number of thioether (sulfide) groups is 1. The highest BCUT2D eigenvalue weighted by atomic mass is 32.2. The molecule has 90 valence electrons. The third-order valence-corrected chi connectivity index (χ3v) is 3.65. The van der Waals surface area contributed by atoms with E-state index in [0.717, 1.165) is 29.6 Å². The molecule has 0 unspecified atom stereocenters. The number of hydrogen-bond donors (Lipinski definition) is 1. The van der Waals surface area contributed by atoms with Crippen molar-refractivity contribution in [2.75, 3.05) is 17.6 Å². The second kappa shape index (κ2) is 6.74. The molecule has 3 nitrogen and oxygen atoms in total. The fourth-order valence-electron chi connectivity index (χ4n) is 1.25. The van der Waals surface area contributed by atoms with Crippen LogP contribution in [0.1, 0.15) is 32.8 Å². The van der Waals surface area contributed by atoms with E-state index in [2.05, 4.69) is 43.0 Å². The lowest BCUT2D eigenvalue weighted by molar-refractivity contribution is 0.749. The van der Waals surface area contributed by atoms with Gasteiger partial charge in [-0.1, -0.05) is 20.8 Å². The van der Waals surface area contributed by atoms with Gasteiger partial charge in [-0.3, -0.25) is 0 Å². The average Bonchev–Trinajstić information content (AvgIpc) is 2.26. The first-order valence-corrected chi connectivity index (χ1v) is 6.82. The second-order valence-corrected chi connectivity index (χ2v) is 5.29. The molecule has 0 aliphatic heterocycles. The van der Waals surface area contributed by atoms with E-state index in [1.54, 1.807) is 6.33 Å². The summed E-state index contributed by atoms with van der Waals surface area (Å²) in [6.07, 6.45) is 2.76. The van der Waals surface area contributed by atoms with Crippen LogP contribution in [0.5, 0.6) is 0 Å². The molecule has 0 aliphatic rings. The van der Waals surface area contributed by atoms with Crippen LogP contribution in [0.4, 0.5) is 5.82 Å². The van der Waals surface area contributed by atoms with Crippen molar-refractivity contribution in [3.63, 3.8) is 0 Å². The van der Waals surface area contributed by atoms with Gasteiger partial charge in [0.1, 0.15) is 17.2 Å². The molecule has 0 bridgehead atoms. The standard InChI is InChI=1S/C12H21N3S/c1-5-6-13-11-10(4)12(15-8-14-11)16-7-9(2)3/h8-9H,5-7H2,1-4H3,(H,13,14,15). The third-order valence-electron chi connectivity index (χ3n) is 2.13. The quantitative estimate of drug-likeness (QED) is 0.610. The first kappa shape index (κ1) is 13.3. The lowest BCUT2D eigenvalue weighted by atomic mass is 10.3. The molecule has 4 heteroatoms. The molecule has 1 rings (SSSR count). The van der Waals surface area contributed by atoms with Crippen LogP contribution in [-0.4, -0.2) is 22.3 Å². The van der Waals surface area contributed by atoms with Gasteiger partial charge < -0.3 is 5.32 Å². The summed E-state index contributed by atoms with van der Waals surface area (Å²) < 4.78 is 0. The Bertz CT molecular complexity index is 326. The van der Waals surface area contributed by atoms with Gasteiger partial charge in [-0.2, -0.15) is 0 Å². The highest BCUT2D eigenvalue weighted by Crippen LogP contribution is 2.25. The van der Waals surface area contributed by atoms with E-state index in [1.165, 1.54) is 5.56 Å². The van der Waals surface area contributed by atoms with Crippen molar-refractivity contribution >= 4 is 17.6 Å². The summed E-state index contributed by atoms with van der Waals surface area (Å²) >= 11 is 1.81. The number of nitrogens with one attached hydrogen (secondary N) is 1. The Balaban J connectivity index is 2.70. The van der Waals surface area contributed by atoms with Crippen molar-refractivity contribution in [3.05, 3.63) is 11.9 Å². The minimum Gasteiger partial charge on any atom is -0.370 e. The van der Waals surface area contributed by atoms with Crippen LogP contribution in [0.3, 0.4) is 0 Å². The largest absolute Gasteiger partial charge is 0.370 e. The summed E-state index contributed by atoms with van der Waals surface area (Å²) in [5, 5.41) is 4.43. The van der Waals surface area contributed by atoms with Gasteiger partial charge in [-0.25, -0.2) is 9.97 Å². The van der Waals surface area contributed by atoms with Crippen LogP contribution in [0, 0.1) is 12.8 Å². The summed E-state index contributed by atoms with van der Waals surface area (Å²) in [5.74, 6) is 2.76. The molecule has 0 radical (unpaired) electrons. The fourth-order valence-corrected chi connectivity index (χ4v) is 2.17. The van der Waals surface area contributed by atoms with E-state index < -0.39 is 0 Å². The summed E-state index contributed by atoms with van der Waals surface area (Å²) in [4.78, 5) is 8.60. The van der Waals surface area contributed by atoms with Crippen molar-refractivity contribution in [3.8, 4) is 0 Å². The van der Waals surface area contributed by atoms with Gasteiger partial charge in [0.05, 0.1) is 0 Å². The molecule has 0 atom stereocenters. The van der Waals surface area contributed by atoms with Gasteiger partial charge >= 0.3 is 0 Å². The van der Waals surface area contributed by atoms with E-state index in [0.29, 0.717) is 5.92 Å². The number of aromatic nitrogens is 2. The minimum atomic E-state index is 0.686. The summed E-state index contributed by atoms with van der Waals surface area (Å²) in [6, 6.07) is 0. The topological polar surface area (TPSA) is 37.8 Å². The second-order valence-electron chi connectivity index (χ2n) is 4.28. The number of hydrogen-bond acceptors (Lipinski definition) is 4. The minimum absolute atomic E-state index is 0.686. The van der Waals surface area contributed by atoms with Crippen LogP contribution >= 0.6 is 11.8 Å². The van der Waals surface area contributed by atoms with E-state index in [-0.39, 0.29) is 0 Å². The average molecular weight is 239 g/mol. The highest BCUT2D eigenvalue weighted by molar-refractivity contribution is 7.99. The molecule has 1 N–H and O–H groups in total. The van der Waals surface area contributed by atoms with E-state index >= 15 is 0 Å². The van der Waals surface area contributed by atoms with Crippen LogP contribution in [0.2, 0.25) is 0 Å². The zero-order valence-corrected chi connectivity index (χ0v) is 11.4. The number of anilines is 1. The molecular weight excluding hydrogens is 218 g/mol. The van der Waals surface area contributed by atoms with Crippen LogP contribution < -0.4 is 5.32 Å². The maximum Gasteiger partial charge on any atom is 0.133 e. The predicted octanol–water partition coefficient (Wildman–Crippen LogP) is 3.36. The van der Waals surface area contributed by atoms with Crippen LogP contribution in [0.25, 0.3) is 0 Å². The van der Waals surface area contributed by atoms with Gasteiger partial charge in [0.2, 0.25) is 0 Å².